The van der Waals surface area contributed by atoms with Crippen molar-refractivity contribution in [2.24, 2.45) is 0 Å². The molecule has 0 unspecified atom stereocenters. The van der Waals surface area contributed by atoms with Gasteiger partial charge >= 0.3 is 0 Å². The van der Waals surface area contributed by atoms with Crippen molar-refractivity contribution in [1.82, 2.24) is 19.5 Å². The van der Waals surface area contributed by atoms with Crippen molar-refractivity contribution in [2.45, 2.75) is 6.92 Å². The Morgan fingerprint density at radius 3 is 2.45 bits per heavy atom. The second-order valence-corrected chi connectivity index (χ2v) is 11.1. The van der Waals surface area contributed by atoms with Gasteiger partial charge in [0.15, 0.2) is 17.5 Å². The monoisotopic (exact) mass is 606 g/mol. The van der Waals surface area contributed by atoms with Gasteiger partial charge in [0.25, 0.3) is 0 Å². The Hall–Kier alpha value is -5.21. The van der Waals surface area contributed by atoms with E-state index in [-0.39, 0.29) is 10.9 Å². The summed E-state index contributed by atoms with van der Waals surface area (Å²) in [7, 11) is 0. The minimum atomic E-state index is -1.60. The molecule has 0 aliphatic carbocycles. The fourth-order valence-corrected chi connectivity index (χ4v) is 6.21. The number of nitrogens with one attached hydrogen (secondary N) is 1. The van der Waals surface area contributed by atoms with Gasteiger partial charge in [0.1, 0.15) is 5.82 Å². The largest absolute Gasteiger partial charge is 0.360 e. The quantitative estimate of drug-likeness (QED) is 0.161. The molecule has 0 amide bonds. The molecule has 0 fully saturated rings. The van der Waals surface area contributed by atoms with Crippen molar-refractivity contribution in [3.8, 4) is 28.2 Å². The molecule has 0 bridgehead atoms. The molecule has 0 saturated heterocycles. The molecule has 8 rings (SSSR count). The molecular formula is C35H19ClF4N4. The molecule has 0 atom stereocenters. The summed E-state index contributed by atoms with van der Waals surface area (Å²) in [6.07, 6.45) is 3.39. The molecule has 44 heavy (non-hydrogen) atoms. The third kappa shape index (κ3) is 3.91. The van der Waals surface area contributed by atoms with E-state index >= 15 is 4.39 Å². The fraction of sp³-hybridized carbons (Fsp3) is 0.0286. The second-order valence-electron chi connectivity index (χ2n) is 10.7. The minimum absolute atomic E-state index is 0.108. The van der Waals surface area contributed by atoms with E-state index in [1.165, 1.54) is 22.8 Å². The Morgan fingerprint density at radius 2 is 1.59 bits per heavy atom. The summed E-state index contributed by atoms with van der Waals surface area (Å²) in [6, 6.07) is 21.5. The number of benzene rings is 4. The SMILES string of the molecule is Cc1cccc2c(-c3cc(-n4cc(-c5ccc6cccc(Cl)c6n5)c5cc(F)c(F)c(F)c54)c4ccc(F)cc4n3)c[nH]c12. The van der Waals surface area contributed by atoms with Crippen LogP contribution >= 0.6 is 11.6 Å². The lowest BCUT2D eigenvalue weighted by atomic mass is 10.0. The molecular weight excluding hydrogens is 588 g/mol. The highest BCUT2D eigenvalue weighted by atomic mass is 35.5. The lowest BCUT2D eigenvalue weighted by Crippen LogP contribution is -2.01. The first-order valence-electron chi connectivity index (χ1n) is 13.7. The first-order valence-corrected chi connectivity index (χ1v) is 14.1. The van der Waals surface area contributed by atoms with Crippen molar-refractivity contribution < 1.29 is 17.6 Å². The maximum atomic E-state index is 15.8. The Kier molecular flexibility index (Phi) is 5.80. The molecule has 4 aromatic heterocycles. The molecule has 0 aliphatic rings. The summed E-state index contributed by atoms with van der Waals surface area (Å²) >= 11 is 6.43. The normalized spacial score (nSPS) is 11.9. The first kappa shape index (κ1) is 26.4. The van der Waals surface area contributed by atoms with E-state index in [9.17, 15) is 13.2 Å². The summed E-state index contributed by atoms with van der Waals surface area (Å²) in [6.45, 7) is 1.98. The molecule has 4 heterocycles. The highest BCUT2D eigenvalue weighted by Crippen LogP contribution is 2.39. The molecule has 4 nitrogen and oxygen atoms in total. The summed E-state index contributed by atoms with van der Waals surface area (Å²) in [5.41, 5.74) is 4.94. The Bertz CT molecular complexity index is 2480. The molecule has 1 N–H and O–H groups in total. The second kappa shape index (κ2) is 9.65. The standard InChI is InChI=1S/C35H19ClF4N4/c1-17-4-2-6-20-23(15-41-33(17)20)29-14-30(21-10-9-19(37)12-28(21)42-29)44-16-24(22-13-26(38)31(39)32(40)35(22)44)27-11-8-18-5-3-7-25(36)34(18)43-27/h2-16,41H,1H3. The zero-order chi connectivity index (χ0) is 30.3. The predicted molar refractivity (Wildman–Crippen MR) is 166 cm³/mol. The number of aryl methyl sites for hydroxylation is 1. The number of aromatic nitrogens is 4. The van der Waals surface area contributed by atoms with Gasteiger partial charge in [0.05, 0.1) is 38.6 Å². The van der Waals surface area contributed by atoms with Crippen LogP contribution < -0.4 is 0 Å². The van der Waals surface area contributed by atoms with Gasteiger partial charge in [-0.1, -0.05) is 48.0 Å². The van der Waals surface area contributed by atoms with Gasteiger partial charge in [-0.25, -0.2) is 27.5 Å². The van der Waals surface area contributed by atoms with Crippen LogP contribution in [0.5, 0.6) is 0 Å². The van der Waals surface area contributed by atoms with Crippen LogP contribution in [-0.2, 0) is 0 Å². The number of rotatable bonds is 3. The number of aromatic amines is 1. The van der Waals surface area contributed by atoms with Crippen molar-refractivity contribution in [3.63, 3.8) is 0 Å². The third-order valence-corrected chi connectivity index (χ3v) is 8.39. The van der Waals surface area contributed by atoms with Gasteiger partial charge in [-0.3, -0.25) is 0 Å². The average molecular weight is 607 g/mol. The number of hydrogen-bond donors (Lipinski definition) is 1. The van der Waals surface area contributed by atoms with Crippen molar-refractivity contribution in [1.29, 1.82) is 0 Å². The Balaban J connectivity index is 1.47. The summed E-state index contributed by atoms with van der Waals surface area (Å²) in [5.74, 6) is -4.79. The van der Waals surface area contributed by atoms with Crippen LogP contribution in [0.25, 0.3) is 71.8 Å². The molecule has 0 spiro atoms. The maximum absolute atomic E-state index is 15.8. The number of fused-ring (bicyclic) bond motifs is 4. The lowest BCUT2D eigenvalue weighted by Gasteiger charge is -2.13. The number of pyridine rings is 2. The first-order chi connectivity index (χ1) is 21.3. The smallest absolute Gasteiger partial charge is 0.196 e. The topological polar surface area (TPSA) is 46.5 Å². The molecule has 214 valence electrons. The average Bonchev–Trinajstić information content (AvgIpc) is 3.62. The predicted octanol–water partition coefficient (Wildman–Crippen LogP) is 10.1. The molecule has 9 heteroatoms. The highest BCUT2D eigenvalue weighted by molar-refractivity contribution is 6.35. The van der Waals surface area contributed by atoms with Crippen molar-refractivity contribution in [2.75, 3.05) is 0 Å². The van der Waals surface area contributed by atoms with Gasteiger partial charge < -0.3 is 9.55 Å². The number of H-pyrrole nitrogens is 1. The third-order valence-electron chi connectivity index (χ3n) is 8.08. The van der Waals surface area contributed by atoms with Gasteiger partial charge in [0, 0.05) is 56.6 Å². The molecule has 0 saturated carbocycles. The lowest BCUT2D eigenvalue weighted by molar-refractivity contribution is 0.452. The van der Waals surface area contributed by atoms with Crippen LogP contribution in [-0.4, -0.2) is 19.5 Å². The molecule has 8 aromatic rings. The van der Waals surface area contributed by atoms with Crippen LogP contribution in [0.3, 0.4) is 0 Å². The Morgan fingerprint density at radius 1 is 0.750 bits per heavy atom. The fourth-order valence-electron chi connectivity index (χ4n) is 5.98. The molecule has 0 radical (unpaired) electrons. The molecule has 4 aromatic carbocycles. The van der Waals surface area contributed by atoms with E-state index in [1.54, 1.807) is 30.5 Å². The van der Waals surface area contributed by atoms with E-state index in [1.807, 2.05) is 43.5 Å². The summed E-state index contributed by atoms with van der Waals surface area (Å²) < 4.78 is 61.4. The molecule has 0 aliphatic heterocycles. The Labute approximate surface area is 252 Å². The number of para-hydroxylation sites is 2. The van der Waals surface area contributed by atoms with Crippen molar-refractivity contribution in [3.05, 3.63) is 125 Å². The van der Waals surface area contributed by atoms with E-state index in [4.69, 9.17) is 21.6 Å². The van der Waals surface area contributed by atoms with Crippen LogP contribution in [0.2, 0.25) is 5.02 Å². The zero-order valence-corrected chi connectivity index (χ0v) is 23.6. The maximum Gasteiger partial charge on any atom is 0.196 e. The van der Waals surface area contributed by atoms with Gasteiger partial charge in [-0.05, 0) is 48.9 Å². The van der Waals surface area contributed by atoms with E-state index in [0.29, 0.717) is 44.1 Å². The summed E-state index contributed by atoms with van der Waals surface area (Å²) in [4.78, 5) is 12.7. The van der Waals surface area contributed by atoms with Gasteiger partial charge in [0.2, 0.25) is 0 Å². The van der Waals surface area contributed by atoms with Gasteiger partial charge in [-0.2, -0.15) is 0 Å². The van der Waals surface area contributed by atoms with Gasteiger partial charge in [-0.15, -0.1) is 0 Å². The highest BCUT2D eigenvalue weighted by Gasteiger charge is 2.24. The zero-order valence-electron chi connectivity index (χ0n) is 22.9. The van der Waals surface area contributed by atoms with Crippen LogP contribution in [0.4, 0.5) is 17.6 Å². The number of hydrogen-bond acceptors (Lipinski definition) is 2. The minimum Gasteiger partial charge on any atom is -0.360 e. The van der Waals surface area contributed by atoms with E-state index in [2.05, 4.69) is 4.98 Å². The van der Waals surface area contributed by atoms with Crippen LogP contribution in [0, 0.1) is 30.2 Å². The van der Waals surface area contributed by atoms with Crippen LogP contribution in [0.15, 0.2) is 91.3 Å². The van der Waals surface area contributed by atoms with Crippen LogP contribution in [0.1, 0.15) is 5.56 Å². The summed E-state index contributed by atoms with van der Waals surface area (Å²) in [5, 5.41) is 2.69. The number of nitrogens with zero attached hydrogens (tertiary/aromatic N) is 3. The van der Waals surface area contributed by atoms with Crippen molar-refractivity contribution >= 4 is 55.2 Å². The number of halogens is 5. The van der Waals surface area contributed by atoms with E-state index < -0.39 is 23.3 Å². The van der Waals surface area contributed by atoms with E-state index in [0.717, 1.165) is 33.5 Å².